The molecule has 0 radical (unpaired) electrons. The maximum atomic E-state index is 13.5. The second-order valence-corrected chi connectivity index (χ2v) is 9.16. The van der Waals surface area contributed by atoms with E-state index >= 15 is 0 Å². The summed E-state index contributed by atoms with van der Waals surface area (Å²) in [7, 11) is 0. The standard InChI is InChI=1S/C27H31N3O2/c1-18(2)25-20-10-8-11-23(30-14-6-3-7-15-30)26(20)28-17-21(25)27(31)29-22-13-16-32-24-12-5-4-9-19(22)24/h4-5,8-12,17-18,22H,3,6-7,13-16H2,1-2H3,(H,29,31)/t22-/m0/s1. The average Bonchev–Trinajstić information content (AvgIpc) is 2.83. The zero-order chi connectivity index (χ0) is 22.1. The van der Waals surface area contributed by atoms with Gasteiger partial charge in [-0.05, 0) is 42.9 Å². The van der Waals surface area contributed by atoms with Gasteiger partial charge in [0, 0.05) is 36.7 Å². The number of hydrogen-bond acceptors (Lipinski definition) is 4. The maximum Gasteiger partial charge on any atom is 0.253 e. The summed E-state index contributed by atoms with van der Waals surface area (Å²) in [6, 6.07) is 14.3. The maximum absolute atomic E-state index is 13.5. The number of anilines is 1. The minimum absolute atomic E-state index is 0.0529. The number of aromatic nitrogens is 1. The first-order chi connectivity index (χ1) is 15.6. The zero-order valence-electron chi connectivity index (χ0n) is 18.9. The van der Waals surface area contributed by atoms with Crippen LogP contribution in [0.2, 0.25) is 0 Å². The van der Waals surface area contributed by atoms with E-state index in [4.69, 9.17) is 9.72 Å². The summed E-state index contributed by atoms with van der Waals surface area (Å²) in [5.41, 5.74) is 4.98. The minimum Gasteiger partial charge on any atom is -0.493 e. The van der Waals surface area contributed by atoms with Crippen LogP contribution in [-0.2, 0) is 0 Å². The number of piperidine rings is 1. The molecular formula is C27H31N3O2. The molecule has 5 heteroatoms. The molecule has 1 amide bonds. The summed E-state index contributed by atoms with van der Waals surface area (Å²) in [4.78, 5) is 20.8. The predicted octanol–water partition coefficient (Wildman–Crippen LogP) is 5.60. The van der Waals surface area contributed by atoms with Gasteiger partial charge in [0.1, 0.15) is 5.75 Å². The number of para-hydroxylation sites is 2. The number of carbonyl (C=O) groups is 1. The fourth-order valence-corrected chi connectivity index (χ4v) is 5.15. The third kappa shape index (κ3) is 3.81. The molecule has 1 saturated heterocycles. The molecule has 1 N–H and O–H groups in total. The lowest BCUT2D eigenvalue weighted by Crippen LogP contribution is -2.33. The lowest BCUT2D eigenvalue weighted by molar-refractivity contribution is 0.0923. The smallest absolute Gasteiger partial charge is 0.253 e. The largest absolute Gasteiger partial charge is 0.493 e. The molecule has 1 fully saturated rings. The van der Waals surface area contributed by atoms with Crippen molar-refractivity contribution < 1.29 is 9.53 Å². The SMILES string of the molecule is CC(C)c1c(C(=O)N[C@H]2CCOc3ccccc32)cnc2c(N3CCCCC3)cccc12. The first-order valence-electron chi connectivity index (χ1n) is 11.8. The first kappa shape index (κ1) is 20.8. The number of pyridine rings is 1. The Morgan fingerprint density at radius 1 is 1.09 bits per heavy atom. The van der Waals surface area contributed by atoms with E-state index in [1.165, 1.54) is 24.9 Å². The summed E-state index contributed by atoms with van der Waals surface area (Å²) < 4.78 is 5.76. The summed E-state index contributed by atoms with van der Waals surface area (Å²) in [5, 5.41) is 4.35. The highest BCUT2D eigenvalue weighted by atomic mass is 16.5. The number of benzene rings is 2. The topological polar surface area (TPSA) is 54.5 Å². The molecule has 0 bridgehead atoms. The first-order valence-corrected chi connectivity index (χ1v) is 11.8. The Hall–Kier alpha value is -3.08. The van der Waals surface area contributed by atoms with E-state index in [1.807, 2.05) is 24.3 Å². The molecule has 2 aromatic carbocycles. The van der Waals surface area contributed by atoms with Crippen LogP contribution >= 0.6 is 0 Å². The van der Waals surface area contributed by atoms with Crippen LogP contribution in [0.25, 0.3) is 10.9 Å². The number of hydrogen-bond donors (Lipinski definition) is 1. The molecular weight excluding hydrogens is 398 g/mol. The number of rotatable bonds is 4. The van der Waals surface area contributed by atoms with Crippen LogP contribution < -0.4 is 15.0 Å². The van der Waals surface area contributed by atoms with Crippen molar-refractivity contribution >= 4 is 22.5 Å². The third-order valence-corrected chi connectivity index (χ3v) is 6.70. The molecule has 166 valence electrons. The molecule has 3 heterocycles. The summed E-state index contributed by atoms with van der Waals surface area (Å²) in [6.07, 6.45) is 6.29. The lowest BCUT2D eigenvalue weighted by atomic mass is 9.92. The van der Waals surface area contributed by atoms with E-state index in [9.17, 15) is 4.79 Å². The fraction of sp³-hybridized carbons (Fsp3) is 0.407. The second-order valence-electron chi connectivity index (χ2n) is 9.16. The van der Waals surface area contributed by atoms with Crippen molar-refractivity contribution in [3.8, 4) is 5.75 Å². The van der Waals surface area contributed by atoms with Gasteiger partial charge in [0.25, 0.3) is 5.91 Å². The Labute approximate surface area is 189 Å². The van der Waals surface area contributed by atoms with Crippen LogP contribution in [0.5, 0.6) is 5.75 Å². The van der Waals surface area contributed by atoms with Gasteiger partial charge in [0.15, 0.2) is 0 Å². The van der Waals surface area contributed by atoms with Gasteiger partial charge in [0.05, 0.1) is 29.4 Å². The normalized spacial score (nSPS) is 18.3. The van der Waals surface area contributed by atoms with E-state index in [-0.39, 0.29) is 17.9 Å². The van der Waals surface area contributed by atoms with E-state index in [0.29, 0.717) is 12.2 Å². The quantitative estimate of drug-likeness (QED) is 0.586. The van der Waals surface area contributed by atoms with E-state index in [0.717, 1.165) is 47.3 Å². The monoisotopic (exact) mass is 429 g/mol. The molecule has 3 aromatic rings. The predicted molar refractivity (Wildman–Crippen MR) is 129 cm³/mol. The van der Waals surface area contributed by atoms with E-state index < -0.39 is 0 Å². The molecule has 0 saturated carbocycles. The fourth-order valence-electron chi connectivity index (χ4n) is 5.15. The lowest BCUT2D eigenvalue weighted by Gasteiger charge is -2.30. The second kappa shape index (κ2) is 8.81. The number of fused-ring (bicyclic) bond motifs is 2. The van der Waals surface area contributed by atoms with Crippen molar-refractivity contribution in [2.24, 2.45) is 0 Å². The van der Waals surface area contributed by atoms with Gasteiger partial charge < -0.3 is 15.0 Å². The van der Waals surface area contributed by atoms with Crippen molar-refractivity contribution in [2.45, 2.75) is 51.5 Å². The molecule has 1 aromatic heterocycles. The van der Waals surface area contributed by atoms with Gasteiger partial charge >= 0.3 is 0 Å². The van der Waals surface area contributed by atoms with Gasteiger partial charge in [-0.1, -0.05) is 44.2 Å². The average molecular weight is 430 g/mol. The highest BCUT2D eigenvalue weighted by molar-refractivity contribution is 6.03. The van der Waals surface area contributed by atoms with Crippen molar-refractivity contribution in [3.63, 3.8) is 0 Å². The van der Waals surface area contributed by atoms with Crippen LogP contribution in [0.4, 0.5) is 5.69 Å². The molecule has 0 spiro atoms. The Morgan fingerprint density at radius 3 is 2.72 bits per heavy atom. The zero-order valence-corrected chi connectivity index (χ0v) is 18.9. The summed E-state index contributed by atoms with van der Waals surface area (Å²) >= 11 is 0. The van der Waals surface area contributed by atoms with Crippen molar-refractivity contribution in [1.82, 2.24) is 10.3 Å². The molecule has 2 aliphatic heterocycles. The number of carbonyl (C=O) groups excluding carboxylic acids is 1. The Bertz CT molecular complexity index is 1130. The number of ether oxygens (including phenoxy) is 1. The van der Waals surface area contributed by atoms with Gasteiger partial charge in [-0.3, -0.25) is 9.78 Å². The van der Waals surface area contributed by atoms with E-state index in [2.05, 4.69) is 42.3 Å². The van der Waals surface area contributed by atoms with Crippen molar-refractivity contribution in [2.75, 3.05) is 24.6 Å². The third-order valence-electron chi connectivity index (χ3n) is 6.70. The molecule has 1 atom stereocenters. The summed E-state index contributed by atoms with van der Waals surface area (Å²) in [5.74, 6) is 1.00. The van der Waals surface area contributed by atoms with E-state index in [1.54, 1.807) is 6.20 Å². The van der Waals surface area contributed by atoms with Gasteiger partial charge in [-0.15, -0.1) is 0 Å². The van der Waals surface area contributed by atoms with Crippen LogP contribution in [0.1, 0.15) is 73.0 Å². The molecule has 5 nitrogen and oxygen atoms in total. The van der Waals surface area contributed by atoms with Gasteiger partial charge in [-0.2, -0.15) is 0 Å². The number of amides is 1. The van der Waals surface area contributed by atoms with Crippen LogP contribution in [0, 0.1) is 0 Å². The highest BCUT2D eigenvalue weighted by Crippen LogP contribution is 2.35. The van der Waals surface area contributed by atoms with Crippen LogP contribution in [-0.4, -0.2) is 30.6 Å². The van der Waals surface area contributed by atoms with Crippen LogP contribution in [0.3, 0.4) is 0 Å². The molecule has 2 aliphatic rings. The van der Waals surface area contributed by atoms with Gasteiger partial charge in [0.2, 0.25) is 0 Å². The van der Waals surface area contributed by atoms with Crippen molar-refractivity contribution in [3.05, 3.63) is 65.4 Å². The summed E-state index contributed by atoms with van der Waals surface area (Å²) in [6.45, 7) is 7.06. The molecule has 0 aliphatic carbocycles. The molecule has 32 heavy (non-hydrogen) atoms. The van der Waals surface area contributed by atoms with Crippen LogP contribution in [0.15, 0.2) is 48.7 Å². The van der Waals surface area contributed by atoms with Gasteiger partial charge in [-0.25, -0.2) is 0 Å². The minimum atomic E-state index is -0.0619. The Kier molecular flexibility index (Phi) is 5.73. The van der Waals surface area contributed by atoms with Crippen molar-refractivity contribution in [1.29, 1.82) is 0 Å². The molecule has 0 unspecified atom stereocenters. The number of nitrogens with one attached hydrogen (secondary N) is 1. The number of nitrogens with zero attached hydrogens (tertiary/aromatic N) is 2. The highest BCUT2D eigenvalue weighted by Gasteiger charge is 2.26. The Morgan fingerprint density at radius 2 is 1.91 bits per heavy atom. The molecule has 5 rings (SSSR count). The Balaban J connectivity index is 1.52.